The molecular weight excluding hydrogens is 252 g/mol. The van der Waals surface area contributed by atoms with Gasteiger partial charge in [0, 0.05) is 43.8 Å². The van der Waals surface area contributed by atoms with Crippen LogP contribution in [0.2, 0.25) is 0 Å². The van der Waals surface area contributed by atoms with Crippen LogP contribution in [0.15, 0.2) is 31.0 Å². The highest BCUT2D eigenvalue weighted by Crippen LogP contribution is 2.18. The first-order chi connectivity index (χ1) is 9.83. The van der Waals surface area contributed by atoms with Crippen molar-refractivity contribution in [1.29, 1.82) is 0 Å². The summed E-state index contributed by atoms with van der Waals surface area (Å²) in [6, 6.07) is 4.21. The minimum atomic E-state index is 0.771. The van der Waals surface area contributed by atoms with Crippen molar-refractivity contribution in [3.05, 3.63) is 36.7 Å². The number of pyridine rings is 1. The molecule has 1 aliphatic rings. The minimum Gasteiger partial charge on any atom is -0.370 e. The molecular formula is C14H18N6. The highest BCUT2D eigenvalue weighted by atomic mass is 15.3. The first-order valence-electron chi connectivity index (χ1n) is 6.87. The molecule has 6 nitrogen and oxygen atoms in total. The number of anilines is 2. The summed E-state index contributed by atoms with van der Waals surface area (Å²) >= 11 is 0. The van der Waals surface area contributed by atoms with Crippen molar-refractivity contribution in [2.45, 2.75) is 13.3 Å². The summed E-state index contributed by atoms with van der Waals surface area (Å²) in [6.45, 7) is 5.94. The van der Waals surface area contributed by atoms with E-state index in [0.29, 0.717) is 0 Å². The van der Waals surface area contributed by atoms with Gasteiger partial charge >= 0.3 is 0 Å². The van der Waals surface area contributed by atoms with Crippen molar-refractivity contribution in [2.75, 3.05) is 36.0 Å². The molecule has 104 valence electrons. The van der Waals surface area contributed by atoms with Crippen molar-refractivity contribution >= 4 is 11.6 Å². The Bertz CT molecular complexity index is 559. The first-order valence-corrected chi connectivity index (χ1v) is 6.87. The smallest absolute Gasteiger partial charge is 0.228 e. The third-order valence-corrected chi connectivity index (χ3v) is 3.50. The van der Waals surface area contributed by atoms with Crippen LogP contribution in [0.3, 0.4) is 0 Å². The molecule has 0 amide bonds. The molecule has 2 aromatic rings. The molecule has 6 heteroatoms. The summed E-state index contributed by atoms with van der Waals surface area (Å²) < 4.78 is 0. The molecule has 0 atom stereocenters. The lowest BCUT2D eigenvalue weighted by Gasteiger charge is -2.23. The molecule has 20 heavy (non-hydrogen) atoms. The van der Waals surface area contributed by atoms with E-state index in [1.807, 2.05) is 13.1 Å². The normalized spacial score (nSPS) is 16.1. The molecule has 0 bridgehead atoms. The molecule has 1 saturated heterocycles. The molecule has 0 N–H and O–H groups in total. The maximum atomic E-state index is 4.26. The molecule has 0 unspecified atom stereocenters. The fraction of sp³-hybridized carbons (Fsp3) is 0.429. The monoisotopic (exact) mass is 270 g/mol. The highest BCUT2D eigenvalue weighted by molar-refractivity contribution is 5.47. The Morgan fingerprint density at radius 2 is 1.70 bits per heavy atom. The average molecular weight is 270 g/mol. The second kappa shape index (κ2) is 5.81. The van der Waals surface area contributed by atoms with Gasteiger partial charge in [0.1, 0.15) is 12.7 Å². The maximum Gasteiger partial charge on any atom is 0.228 e. The zero-order chi connectivity index (χ0) is 13.8. The van der Waals surface area contributed by atoms with Crippen LogP contribution in [0.4, 0.5) is 11.6 Å². The van der Waals surface area contributed by atoms with E-state index >= 15 is 0 Å². The molecule has 0 spiro atoms. The molecule has 1 aliphatic heterocycles. The van der Waals surface area contributed by atoms with E-state index in [-0.39, 0.29) is 0 Å². The third-order valence-electron chi connectivity index (χ3n) is 3.50. The van der Waals surface area contributed by atoms with Gasteiger partial charge in [-0.05, 0) is 25.5 Å². The van der Waals surface area contributed by atoms with Crippen LogP contribution in [-0.4, -0.2) is 46.1 Å². The Kier molecular flexibility index (Phi) is 3.71. The lowest BCUT2D eigenvalue weighted by molar-refractivity contribution is 0.776. The van der Waals surface area contributed by atoms with Gasteiger partial charge in [0.15, 0.2) is 0 Å². The van der Waals surface area contributed by atoms with Crippen molar-refractivity contribution in [1.82, 2.24) is 19.9 Å². The van der Waals surface area contributed by atoms with Gasteiger partial charge in [-0.2, -0.15) is 0 Å². The topological polar surface area (TPSA) is 58.0 Å². The van der Waals surface area contributed by atoms with Crippen LogP contribution in [0.25, 0.3) is 0 Å². The van der Waals surface area contributed by atoms with Crippen LogP contribution < -0.4 is 9.80 Å². The van der Waals surface area contributed by atoms with Gasteiger partial charge in [-0.15, -0.1) is 0 Å². The molecule has 2 aromatic heterocycles. The number of aromatic nitrogens is 4. The largest absolute Gasteiger partial charge is 0.370 e. The summed E-state index contributed by atoms with van der Waals surface area (Å²) in [4.78, 5) is 21.2. The predicted molar refractivity (Wildman–Crippen MR) is 77.8 cm³/mol. The number of hydrogen-bond donors (Lipinski definition) is 0. The van der Waals surface area contributed by atoms with Crippen LogP contribution in [0, 0.1) is 6.92 Å². The Morgan fingerprint density at radius 3 is 2.50 bits per heavy atom. The van der Waals surface area contributed by atoms with Crippen molar-refractivity contribution in [3.63, 3.8) is 0 Å². The van der Waals surface area contributed by atoms with Gasteiger partial charge in [-0.25, -0.2) is 15.0 Å². The van der Waals surface area contributed by atoms with E-state index < -0.39 is 0 Å². The molecule has 3 rings (SSSR count). The van der Waals surface area contributed by atoms with Crippen LogP contribution in [0.1, 0.15) is 12.1 Å². The SMILES string of the molecule is Cc1cc(N2CCCN(c3ncncn3)CC2)ccn1. The fourth-order valence-corrected chi connectivity index (χ4v) is 2.50. The second-order valence-electron chi connectivity index (χ2n) is 4.92. The van der Waals surface area contributed by atoms with Gasteiger partial charge in [0.05, 0.1) is 0 Å². The van der Waals surface area contributed by atoms with Gasteiger partial charge in [-0.1, -0.05) is 0 Å². The number of rotatable bonds is 2. The fourth-order valence-electron chi connectivity index (χ4n) is 2.50. The zero-order valence-electron chi connectivity index (χ0n) is 11.6. The predicted octanol–water partition coefficient (Wildman–Crippen LogP) is 1.29. The van der Waals surface area contributed by atoms with Gasteiger partial charge < -0.3 is 9.80 Å². The Hall–Kier alpha value is -2.24. The zero-order valence-corrected chi connectivity index (χ0v) is 11.6. The molecule has 3 heterocycles. The number of hydrogen-bond acceptors (Lipinski definition) is 6. The lowest BCUT2D eigenvalue weighted by atomic mass is 10.3. The van der Waals surface area contributed by atoms with Gasteiger partial charge in [0.25, 0.3) is 0 Å². The highest BCUT2D eigenvalue weighted by Gasteiger charge is 2.17. The standard InChI is InChI=1S/C14H18N6/c1-12-9-13(3-4-16-12)19-5-2-6-20(8-7-19)14-17-10-15-11-18-14/h3-4,9-11H,2,5-8H2,1H3. The summed E-state index contributed by atoms with van der Waals surface area (Å²) in [5.41, 5.74) is 2.30. The molecule has 1 fully saturated rings. The molecule has 0 saturated carbocycles. The average Bonchev–Trinajstić information content (AvgIpc) is 2.74. The summed E-state index contributed by atoms with van der Waals surface area (Å²) in [6.07, 6.45) is 6.07. The molecule has 0 aliphatic carbocycles. The third kappa shape index (κ3) is 2.84. The van der Waals surface area contributed by atoms with Crippen molar-refractivity contribution < 1.29 is 0 Å². The van der Waals surface area contributed by atoms with E-state index in [4.69, 9.17) is 0 Å². The first kappa shape index (κ1) is 12.8. The van der Waals surface area contributed by atoms with E-state index in [1.165, 1.54) is 5.69 Å². The van der Waals surface area contributed by atoms with E-state index in [0.717, 1.165) is 44.2 Å². The summed E-state index contributed by atoms with van der Waals surface area (Å²) in [5.74, 6) is 0.771. The van der Waals surface area contributed by atoms with Crippen LogP contribution in [0.5, 0.6) is 0 Å². The van der Waals surface area contributed by atoms with E-state index in [9.17, 15) is 0 Å². The van der Waals surface area contributed by atoms with Crippen LogP contribution >= 0.6 is 0 Å². The Morgan fingerprint density at radius 1 is 0.950 bits per heavy atom. The van der Waals surface area contributed by atoms with Crippen LogP contribution in [-0.2, 0) is 0 Å². The number of aryl methyl sites for hydroxylation is 1. The quantitative estimate of drug-likeness (QED) is 0.819. The van der Waals surface area contributed by atoms with E-state index in [1.54, 1.807) is 12.7 Å². The Balaban J connectivity index is 1.71. The number of nitrogens with zero attached hydrogens (tertiary/aromatic N) is 6. The lowest BCUT2D eigenvalue weighted by Crippen LogP contribution is -2.31. The minimum absolute atomic E-state index is 0.771. The Labute approximate surface area is 118 Å². The summed E-state index contributed by atoms with van der Waals surface area (Å²) in [7, 11) is 0. The molecule has 0 aromatic carbocycles. The van der Waals surface area contributed by atoms with Gasteiger partial charge in [0.2, 0.25) is 5.95 Å². The summed E-state index contributed by atoms with van der Waals surface area (Å²) in [5, 5.41) is 0. The van der Waals surface area contributed by atoms with Crippen molar-refractivity contribution in [3.8, 4) is 0 Å². The van der Waals surface area contributed by atoms with Crippen molar-refractivity contribution in [2.24, 2.45) is 0 Å². The second-order valence-corrected chi connectivity index (χ2v) is 4.92. The van der Waals surface area contributed by atoms with Gasteiger partial charge in [-0.3, -0.25) is 4.98 Å². The van der Waals surface area contributed by atoms with E-state index in [2.05, 4.69) is 41.9 Å². The molecule has 0 radical (unpaired) electrons. The maximum absolute atomic E-state index is 4.26.